The highest BCUT2D eigenvalue weighted by Gasteiger charge is 2.36. The lowest BCUT2D eigenvalue weighted by Gasteiger charge is -2.26. The van der Waals surface area contributed by atoms with Gasteiger partial charge in [-0.3, -0.25) is 14.5 Å². The van der Waals surface area contributed by atoms with Gasteiger partial charge >= 0.3 is 0 Å². The number of methoxy groups -OCH3 is 1. The zero-order valence-corrected chi connectivity index (χ0v) is 11.1. The van der Waals surface area contributed by atoms with Gasteiger partial charge < -0.3 is 4.74 Å². The number of hydrogen-bond donors (Lipinski definition) is 1. The van der Waals surface area contributed by atoms with Gasteiger partial charge in [-0.05, 0) is 18.9 Å². The maximum Gasteiger partial charge on any atom is 0.273 e. The normalized spacial score (nSPS) is 17.6. The summed E-state index contributed by atoms with van der Waals surface area (Å²) in [5.41, 5.74) is 0.190. The minimum atomic E-state index is -4.11. The molecule has 2 amide bonds. The lowest BCUT2D eigenvalue weighted by atomic mass is 10.1. The van der Waals surface area contributed by atoms with Crippen LogP contribution in [-0.2, 0) is 24.3 Å². The van der Waals surface area contributed by atoms with Gasteiger partial charge in [0.2, 0.25) is 15.9 Å². The van der Waals surface area contributed by atoms with E-state index >= 15 is 0 Å². The van der Waals surface area contributed by atoms with E-state index in [2.05, 4.69) is 0 Å². The Morgan fingerprint density at radius 2 is 2.00 bits per heavy atom. The molecule has 8 heteroatoms. The first-order valence-corrected chi connectivity index (χ1v) is 6.90. The molecule has 0 saturated carbocycles. The second-order valence-electron chi connectivity index (χ2n) is 4.03. The van der Waals surface area contributed by atoms with Crippen LogP contribution in [0.2, 0.25) is 0 Å². The summed E-state index contributed by atoms with van der Waals surface area (Å²) in [5.74, 6) is -1.26. The quantitative estimate of drug-likeness (QED) is 0.530. The van der Waals surface area contributed by atoms with Gasteiger partial charge in [-0.2, -0.15) is 0 Å². The second-order valence-corrected chi connectivity index (χ2v) is 5.53. The summed E-state index contributed by atoms with van der Waals surface area (Å²) in [6, 6.07) is 0. The molecule has 18 heavy (non-hydrogen) atoms. The molecule has 0 aromatic carbocycles. The van der Waals surface area contributed by atoms with Crippen LogP contribution in [0.5, 0.6) is 0 Å². The van der Waals surface area contributed by atoms with Gasteiger partial charge in [-0.1, -0.05) is 0 Å². The predicted octanol–water partition coefficient (Wildman–Crippen LogP) is -0.656. The average Bonchev–Trinajstić information content (AvgIpc) is 2.20. The number of nitrogens with zero attached hydrogens (tertiary/aromatic N) is 1. The van der Waals surface area contributed by atoms with Crippen molar-refractivity contribution in [3.63, 3.8) is 0 Å². The maximum atomic E-state index is 11.9. The zero-order chi connectivity index (χ0) is 13.9. The number of ether oxygens (including phenoxy) is 1. The summed E-state index contributed by atoms with van der Waals surface area (Å²) in [6.07, 6.45) is 0.343. The van der Waals surface area contributed by atoms with Gasteiger partial charge in [0.05, 0.1) is 0 Å². The number of imide groups is 1. The summed E-state index contributed by atoms with van der Waals surface area (Å²) in [4.78, 5) is 24.0. The van der Waals surface area contributed by atoms with E-state index in [4.69, 9.17) is 9.88 Å². The highest BCUT2D eigenvalue weighted by Crippen LogP contribution is 2.22. The molecular weight excluding hydrogens is 260 g/mol. The molecule has 0 unspecified atom stereocenters. The van der Waals surface area contributed by atoms with Crippen molar-refractivity contribution >= 4 is 21.8 Å². The summed E-state index contributed by atoms with van der Waals surface area (Å²) in [7, 11) is -2.61. The standard InChI is InChI=1S/C10H16N2O5S/c1-7-6-8(13)12(4-3-5-17-2)10(14)9(7)18(11,15)16/h3-6H2,1-2H3,(H2,11,15,16). The monoisotopic (exact) mass is 276 g/mol. The Morgan fingerprint density at radius 3 is 2.50 bits per heavy atom. The first-order chi connectivity index (χ1) is 8.29. The molecule has 1 aliphatic heterocycles. The van der Waals surface area contributed by atoms with E-state index in [9.17, 15) is 18.0 Å². The van der Waals surface area contributed by atoms with E-state index in [0.717, 1.165) is 4.90 Å². The Morgan fingerprint density at radius 1 is 1.39 bits per heavy atom. The molecule has 0 fully saturated rings. The van der Waals surface area contributed by atoms with Crippen molar-refractivity contribution in [3.8, 4) is 0 Å². The Hall–Kier alpha value is -1.25. The molecule has 0 bridgehead atoms. The number of carbonyl (C=O) groups excluding carboxylic acids is 2. The molecule has 0 aliphatic carbocycles. The lowest BCUT2D eigenvalue weighted by Crippen LogP contribution is -2.45. The SMILES string of the molecule is COCCCN1C(=O)CC(C)=C(S(N)(=O)=O)C1=O. The number of amides is 2. The van der Waals surface area contributed by atoms with E-state index in [0.29, 0.717) is 13.0 Å². The van der Waals surface area contributed by atoms with Crippen LogP contribution in [0.25, 0.3) is 0 Å². The van der Waals surface area contributed by atoms with E-state index in [1.165, 1.54) is 14.0 Å². The number of carbonyl (C=O) groups is 2. The molecular formula is C10H16N2O5S. The van der Waals surface area contributed by atoms with Crippen LogP contribution in [0.3, 0.4) is 0 Å². The van der Waals surface area contributed by atoms with Gasteiger partial charge in [0.15, 0.2) is 0 Å². The number of primary sulfonamides is 1. The van der Waals surface area contributed by atoms with Crippen molar-refractivity contribution in [2.45, 2.75) is 19.8 Å². The van der Waals surface area contributed by atoms with Crippen LogP contribution in [0.4, 0.5) is 0 Å². The van der Waals surface area contributed by atoms with Gasteiger partial charge in [0, 0.05) is 26.7 Å². The molecule has 0 radical (unpaired) electrons. The number of nitrogens with two attached hydrogens (primary N) is 1. The Balaban J connectivity index is 2.99. The fourth-order valence-corrected chi connectivity index (χ4v) is 2.69. The number of rotatable bonds is 5. The van der Waals surface area contributed by atoms with Crippen LogP contribution in [-0.4, -0.2) is 45.4 Å². The number of hydrogen-bond acceptors (Lipinski definition) is 5. The van der Waals surface area contributed by atoms with Crippen molar-refractivity contribution in [2.24, 2.45) is 5.14 Å². The summed E-state index contributed by atoms with van der Waals surface area (Å²) >= 11 is 0. The molecule has 0 atom stereocenters. The average molecular weight is 276 g/mol. The van der Waals surface area contributed by atoms with Gasteiger partial charge in [0.25, 0.3) is 5.91 Å². The van der Waals surface area contributed by atoms with Gasteiger partial charge in [0.1, 0.15) is 4.91 Å². The molecule has 7 nitrogen and oxygen atoms in total. The summed E-state index contributed by atoms with van der Waals surface area (Å²) < 4.78 is 27.5. The smallest absolute Gasteiger partial charge is 0.273 e. The van der Waals surface area contributed by atoms with E-state index in [1.807, 2.05) is 0 Å². The molecule has 0 aromatic heterocycles. The molecule has 0 spiro atoms. The van der Waals surface area contributed by atoms with E-state index in [-0.39, 0.29) is 18.5 Å². The van der Waals surface area contributed by atoms with Crippen molar-refractivity contribution in [1.82, 2.24) is 4.90 Å². The van der Waals surface area contributed by atoms with Crippen LogP contribution in [0.15, 0.2) is 10.5 Å². The van der Waals surface area contributed by atoms with Crippen molar-refractivity contribution in [1.29, 1.82) is 0 Å². The third-order valence-corrected chi connectivity index (χ3v) is 3.65. The maximum absolute atomic E-state index is 11.9. The van der Waals surface area contributed by atoms with Crippen LogP contribution in [0.1, 0.15) is 19.8 Å². The molecule has 1 heterocycles. The summed E-state index contributed by atoms with van der Waals surface area (Å²) in [6.45, 7) is 1.92. The minimum Gasteiger partial charge on any atom is -0.385 e. The van der Waals surface area contributed by atoms with Crippen molar-refractivity contribution in [3.05, 3.63) is 10.5 Å². The molecule has 1 aliphatic rings. The highest BCUT2D eigenvalue weighted by molar-refractivity contribution is 7.94. The Kier molecular flexibility index (Phi) is 4.60. The molecule has 2 N–H and O–H groups in total. The molecule has 0 saturated heterocycles. The van der Waals surface area contributed by atoms with Crippen molar-refractivity contribution < 1.29 is 22.7 Å². The fraction of sp³-hybridized carbons (Fsp3) is 0.600. The Bertz CT molecular complexity index is 494. The van der Waals surface area contributed by atoms with Crippen LogP contribution < -0.4 is 5.14 Å². The van der Waals surface area contributed by atoms with Gasteiger partial charge in [-0.25, -0.2) is 13.6 Å². The van der Waals surface area contributed by atoms with Crippen LogP contribution in [0, 0.1) is 0 Å². The van der Waals surface area contributed by atoms with E-state index < -0.39 is 26.7 Å². The third-order valence-electron chi connectivity index (χ3n) is 2.56. The first-order valence-electron chi connectivity index (χ1n) is 5.35. The zero-order valence-electron chi connectivity index (χ0n) is 10.3. The molecule has 1 rings (SSSR count). The topological polar surface area (TPSA) is 107 Å². The third kappa shape index (κ3) is 3.15. The predicted molar refractivity (Wildman–Crippen MR) is 63.6 cm³/mol. The second kappa shape index (κ2) is 5.59. The largest absolute Gasteiger partial charge is 0.385 e. The fourth-order valence-electron chi connectivity index (χ4n) is 1.78. The first kappa shape index (κ1) is 14.8. The molecule has 102 valence electrons. The Labute approximate surface area is 106 Å². The summed E-state index contributed by atoms with van der Waals surface area (Å²) in [5, 5.41) is 4.98. The minimum absolute atomic E-state index is 0.107. The molecule has 0 aromatic rings. The highest BCUT2D eigenvalue weighted by atomic mass is 32.2. The van der Waals surface area contributed by atoms with Gasteiger partial charge in [-0.15, -0.1) is 0 Å². The lowest BCUT2D eigenvalue weighted by molar-refractivity contribution is -0.142. The number of sulfonamides is 1. The van der Waals surface area contributed by atoms with Crippen LogP contribution >= 0.6 is 0 Å². The van der Waals surface area contributed by atoms with Crippen molar-refractivity contribution in [2.75, 3.05) is 20.3 Å². The van der Waals surface area contributed by atoms with E-state index in [1.54, 1.807) is 0 Å².